The van der Waals surface area contributed by atoms with Crippen molar-refractivity contribution in [3.63, 3.8) is 0 Å². The molecule has 0 radical (unpaired) electrons. The Bertz CT molecular complexity index is 121. The van der Waals surface area contributed by atoms with Gasteiger partial charge in [-0.2, -0.15) is 0 Å². The maximum atomic E-state index is 13.6. The fourth-order valence-corrected chi connectivity index (χ4v) is 1.37. The van der Waals surface area contributed by atoms with Crippen LogP contribution in [0.15, 0.2) is 0 Å². The van der Waals surface area contributed by atoms with Crippen LogP contribution in [0.3, 0.4) is 0 Å². The Morgan fingerprint density at radius 1 is 1.64 bits per heavy atom. The van der Waals surface area contributed by atoms with Gasteiger partial charge in [0.2, 0.25) is 0 Å². The second-order valence-corrected chi connectivity index (χ2v) is 3.53. The van der Waals surface area contributed by atoms with Crippen molar-refractivity contribution in [1.82, 2.24) is 5.32 Å². The Hall–Kier alpha value is -0.150. The molecule has 1 unspecified atom stereocenters. The lowest BCUT2D eigenvalue weighted by Gasteiger charge is -2.37. The lowest BCUT2D eigenvalue weighted by molar-refractivity contribution is 0.0555. The van der Waals surface area contributed by atoms with E-state index in [9.17, 15) is 4.39 Å². The quantitative estimate of drug-likeness (QED) is 0.634. The molecular formula is C8H17FN2. The van der Waals surface area contributed by atoms with Gasteiger partial charge in [-0.15, -0.1) is 0 Å². The maximum absolute atomic E-state index is 13.6. The molecule has 0 aromatic heterocycles. The number of halogens is 1. The molecule has 0 amide bonds. The molecular weight excluding hydrogens is 143 g/mol. The normalized spacial score (nSPS) is 24.3. The average Bonchev–Trinajstić information content (AvgIpc) is 1.78. The van der Waals surface area contributed by atoms with Gasteiger partial charge in [0, 0.05) is 19.0 Å². The summed E-state index contributed by atoms with van der Waals surface area (Å²) >= 11 is 0. The lowest BCUT2D eigenvalue weighted by atomic mass is 9.83. The van der Waals surface area contributed by atoms with Crippen molar-refractivity contribution in [3.8, 4) is 0 Å². The fraction of sp³-hybridized carbons (Fsp3) is 1.00. The molecule has 1 aliphatic rings. The van der Waals surface area contributed by atoms with E-state index in [2.05, 4.69) is 5.32 Å². The lowest BCUT2D eigenvalue weighted by Crippen LogP contribution is -2.52. The summed E-state index contributed by atoms with van der Waals surface area (Å²) in [7, 11) is 0. The van der Waals surface area contributed by atoms with Crippen LogP contribution in [-0.2, 0) is 0 Å². The zero-order valence-electron chi connectivity index (χ0n) is 7.07. The largest absolute Gasteiger partial charge is 0.330 e. The number of rotatable bonds is 4. The Morgan fingerprint density at radius 3 is 2.64 bits per heavy atom. The first-order valence-corrected chi connectivity index (χ1v) is 4.26. The molecule has 1 fully saturated rings. The van der Waals surface area contributed by atoms with Crippen LogP contribution in [0.5, 0.6) is 0 Å². The zero-order chi connectivity index (χ0) is 8.32. The van der Waals surface area contributed by atoms with E-state index in [-0.39, 0.29) is 5.92 Å². The van der Waals surface area contributed by atoms with Crippen LogP contribution in [0.2, 0.25) is 0 Å². The Morgan fingerprint density at radius 2 is 2.27 bits per heavy atom. The summed E-state index contributed by atoms with van der Waals surface area (Å²) in [5.74, 6) is 0.217. The van der Waals surface area contributed by atoms with Crippen molar-refractivity contribution in [2.75, 3.05) is 19.6 Å². The average molecular weight is 160 g/mol. The second-order valence-electron chi connectivity index (χ2n) is 3.53. The third-order valence-corrected chi connectivity index (χ3v) is 2.50. The number of hydrogen-bond donors (Lipinski definition) is 2. The first-order valence-electron chi connectivity index (χ1n) is 4.26. The highest BCUT2D eigenvalue weighted by atomic mass is 19.1. The van der Waals surface area contributed by atoms with Crippen molar-refractivity contribution in [3.05, 3.63) is 0 Å². The highest BCUT2D eigenvalue weighted by Gasteiger charge is 2.37. The highest BCUT2D eigenvalue weighted by Crippen LogP contribution is 2.29. The molecule has 2 nitrogen and oxygen atoms in total. The van der Waals surface area contributed by atoms with Gasteiger partial charge in [0.1, 0.15) is 5.67 Å². The molecule has 0 bridgehead atoms. The number of hydrogen-bond acceptors (Lipinski definition) is 2. The van der Waals surface area contributed by atoms with Gasteiger partial charge in [-0.1, -0.05) is 0 Å². The van der Waals surface area contributed by atoms with Crippen LogP contribution in [0.4, 0.5) is 4.39 Å². The number of nitrogens with two attached hydrogens (primary N) is 1. The number of nitrogens with one attached hydrogen (secondary N) is 1. The fourth-order valence-electron chi connectivity index (χ4n) is 1.37. The summed E-state index contributed by atoms with van der Waals surface area (Å²) in [4.78, 5) is 0. The zero-order valence-corrected chi connectivity index (χ0v) is 7.07. The smallest absolute Gasteiger partial charge is 0.113 e. The van der Waals surface area contributed by atoms with Crippen molar-refractivity contribution >= 4 is 0 Å². The third-order valence-electron chi connectivity index (χ3n) is 2.50. The van der Waals surface area contributed by atoms with Crippen LogP contribution in [-0.4, -0.2) is 25.3 Å². The molecule has 0 aliphatic carbocycles. The highest BCUT2D eigenvalue weighted by molar-refractivity contribution is 4.91. The van der Waals surface area contributed by atoms with Gasteiger partial charge in [-0.3, -0.25) is 0 Å². The third kappa shape index (κ3) is 2.14. The van der Waals surface area contributed by atoms with E-state index >= 15 is 0 Å². The molecule has 0 spiro atoms. The monoisotopic (exact) mass is 160 g/mol. The van der Waals surface area contributed by atoms with Crippen LogP contribution in [0.25, 0.3) is 0 Å². The minimum atomic E-state index is -0.995. The van der Waals surface area contributed by atoms with Crippen LogP contribution in [0.1, 0.15) is 19.8 Å². The molecule has 3 N–H and O–H groups in total. The Labute approximate surface area is 67.3 Å². The van der Waals surface area contributed by atoms with E-state index in [4.69, 9.17) is 5.73 Å². The predicted octanol–water partition coefficient (Wildman–Crippen LogP) is 0.673. The van der Waals surface area contributed by atoms with Gasteiger partial charge in [0.15, 0.2) is 0 Å². The molecule has 1 saturated heterocycles. The molecule has 1 rings (SSSR count). The van der Waals surface area contributed by atoms with Gasteiger partial charge in [-0.05, 0) is 26.3 Å². The van der Waals surface area contributed by atoms with Crippen LogP contribution in [0, 0.1) is 5.92 Å². The first-order chi connectivity index (χ1) is 5.17. The first kappa shape index (κ1) is 8.94. The van der Waals surface area contributed by atoms with Crippen LogP contribution >= 0.6 is 0 Å². The number of alkyl halides is 1. The minimum absolute atomic E-state index is 0.217. The van der Waals surface area contributed by atoms with E-state index < -0.39 is 5.67 Å². The van der Waals surface area contributed by atoms with E-state index in [0.29, 0.717) is 13.0 Å². The summed E-state index contributed by atoms with van der Waals surface area (Å²) in [5, 5.41) is 3.07. The van der Waals surface area contributed by atoms with Crippen LogP contribution < -0.4 is 11.1 Å². The molecule has 0 aromatic carbocycles. The van der Waals surface area contributed by atoms with Gasteiger partial charge in [0.25, 0.3) is 0 Å². The minimum Gasteiger partial charge on any atom is -0.330 e. The summed E-state index contributed by atoms with van der Waals surface area (Å²) in [6, 6.07) is 0. The van der Waals surface area contributed by atoms with Crippen molar-refractivity contribution in [2.45, 2.75) is 25.4 Å². The van der Waals surface area contributed by atoms with Crippen molar-refractivity contribution < 1.29 is 4.39 Å². The molecule has 3 heteroatoms. The summed E-state index contributed by atoms with van der Waals surface area (Å²) in [6.07, 6.45) is 1.40. The van der Waals surface area contributed by atoms with Gasteiger partial charge < -0.3 is 11.1 Å². The summed E-state index contributed by atoms with van der Waals surface area (Å²) in [6.45, 7) is 3.95. The molecule has 1 aliphatic heterocycles. The van der Waals surface area contributed by atoms with E-state index in [1.807, 2.05) is 0 Å². The second kappa shape index (κ2) is 3.50. The molecule has 1 atom stereocenters. The van der Waals surface area contributed by atoms with Gasteiger partial charge in [0.05, 0.1) is 0 Å². The molecule has 0 saturated carbocycles. The SMILES string of the molecule is CC(F)(CCCN)C1CNC1. The predicted molar refractivity (Wildman–Crippen MR) is 44.2 cm³/mol. The summed E-state index contributed by atoms with van der Waals surface area (Å²) < 4.78 is 13.6. The van der Waals surface area contributed by atoms with E-state index in [1.165, 1.54) is 0 Å². The van der Waals surface area contributed by atoms with Gasteiger partial charge in [-0.25, -0.2) is 4.39 Å². The maximum Gasteiger partial charge on any atom is 0.113 e. The Balaban J connectivity index is 2.25. The topological polar surface area (TPSA) is 38.0 Å². The molecule has 0 aromatic rings. The summed E-state index contributed by atoms with van der Waals surface area (Å²) in [5.41, 5.74) is 4.32. The van der Waals surface area contributed by atoms with Crippen molar-refractivity contribution in [1.29, 1.82) is 0 Å². The molecule has 1 heterocycles. The van der Waals surface area contributed by atoms with Crippen molar-refractivity contribution in [2.24, 2.45) is 11.7 Å². The molecule has 11 heavy (non-hydrogen) atoms. The van der Waals surface area contributed by atoms with E-state index in [1.54, 1.807) is 6.92 Å². The Kier molecular flexibility index (Phi) is 2.84. The standard InChI is InChI=1S/C8H17FN2/c1-8(9,3-2-4-10)7-5-11-6-7/h7,11H,2-6,10H2,1H3. The van der Waals surface area contributed by atoms with E-state index in [0.717, 1.165) is 19.5 Å². The van der Waals surface area contributed by atoms with Gasteiger partial charge >= 0.3 is 0 Å². The molecule has 66 valence electrons.